The lowest BCUT2D eigenvalue weighted by molar-refractivity contribution is -0.141. The van der Waals surface area contributed by atoms with Crippen molar-refractivity contribution in [3.63, 3.8) is 0 Å². The van der Waals surface area contributed by atoms with E-state index in [0.29, 0.717) is 11.1 Å². The molecule has 1 amide bonds. The normalized spacial score (nSPS) is 15.9. The van der Waals surface area contributed by atoms with Gasteiger partial charge in [0.1, 0.15) is 11.5 Å². The molecule has 0 radical (unpaired) electrons. The van der Waals surface area contributed by atoms with E-state index in [2.05, 4.69) is 10.1 Å². The zero-order valence-corrected chi connectivity index (χ0v) is 14.6. The maximum atomic E-state index is 12.7. The maximum absolute atomic E-state index is 12.7. The molecule has 0 aliphatic carbocycles. The molecule has 1 unspecified atom stereocenters. The molecule has 3 rings (SSSR count). The zero-order valence-electron chi connectivity index (χ0n) is 13.9. The van der Waals surface area contributed by atoms with Gasteiger partial charge in [-0.15, -0.1) is 0 Å². The van der Waals surface area contributed by atoms with Gasteiger partial charge in [-0.1, -0.05) is 17.7 Å². The Morgan fingerprint density at radius 2 is 1.96 bits per heavy atom. The van der Waals surface area contributed by atoms with Crippen molar-refractivity contribution in [2.45, 2.75) is 18.6 Å². The van der Waals surface area contributed by atoms with Crippen molar-refractivity contribution in [1.29, 1.82) is 0 Å². The second kappa shape index (κ2) is 7.11. The molecule has 0 saturated carbocycles. The largest absolute Gasteiger partial charge is 0.469 e. The lowest BCUT2D eigenvalue weighted by Gasteiger charge is -2.12. The van der Waals surface area contributed by atoms with E-state index in [1.807, 2.05) is 0 Å². The van der Waals surface area contributed by atoms with Crippen LogP contribution >= 0.6 is 11.6 Å². The lowest BCUT2D eigenvalue weighted by Crippen LogP contribution is -2.21. The summed E-state index contributed by atoms with van der Waals surface area (Å²) >= 11 is 5.87. The molecule has 1 aliphatic heterocycles. The summed E-state index contributed by atoms with van der Waals surface area (Å²) in [6, 6.07) is 6.81. The summed E-state index contributed by atoms with van der Waals surface area (Å²) in [6.07, 6.45) is -4.53. The van der Waals surface area contributed by atoms with Crippen LogP contribution in [0.1, 0.15) is 33.9 Å². The van der Waals surface area contributed by atoms with E-state index in [4.69, 9.17) is 16.3 Å². The number of amides is 1. The van der Waals surface area contributed by atoms with Crippen LogP contribution < -0.4 is 10.1 Å². The average Bonchev–Trinajstić information content (AvgIpc) is 2.91. The molecule has 9 heteroatoms. The molecule has 1 N–H and O–H groups in total. The van der Waals surface area contributed by atoms with Crippen LogP contribution in [0.15, 0.2) is 36.4 Å². The number of carbonyl (C=O) groups is 2. The number of esters is 1. The molecule has 1 atom stereocenters. The Bertz CT molecular complexity index is 914. The summed E-state index contributed by atoms with van der Waals surface area (Å²) in [5, 5.41) is 2.45. The molecule has 2 aromatic carbocycles. The number of alkyl halides is 3. The van der Waals surface area contributed by atoms with Gasteiger partial charge in [-0.25, -0.2) is 0 Å². The van der Waals surface area contributed by atoms with Crippen LogP contribution in [0.4, 0.5) is 13.2 Å². The van der Waals surface area contributed by atoms with Crippen molar-refractivity contribution >= 4 is 23.5 Å². The van der Waals surface area contributed by atoms with Gasteiger partial charge in [0.25, 0.3) is 5.91 Å². The van der Waals surface area contributed by atoms with Crippen molar-refractivity contribution in [3.05, 3.63) is 58.1 Å². The first kappa shape index (κ1) is 19.0. The molecule has 5 nitrogen and oxygen atoms in total. The number of nitrogens with one attached hydrogen (secondary N) is 1. The first-order valence-electron chi connectivity index (χ1n) is 7.75. The second-order valence-corrected chi connectivity index (χ2v) is 6.21. The average molecular weight is 400 g/mol. The Morgan fingerprint density at radius 3 is 2.59 bits per heavy atom. The van der Waals surface area contributed by atoms with Crippen LogP contribution in [0, 0.1) is 0 Å². The van der Waals surface area contributed by atoms with E-state index in [9.17, 15) is 22.8 Å². The molecule has 1 heterocycles. The highest BCUT2D eigenvalue weighted by Crippen LogP contribution is 2.37. The molecule has 0 aromatic heterocycles. The first-order chi connectivity index (χ1) is 12.7. The SMILES string of the molecule is COC(=O)CC1NC(=O)c2cc(Oc3ccc(C(F)(F)F)cc3Cl)ccc21. The lowest BCUT2D eigenvalue weighted by atomic mass is 10.0. The molecule has 0 bridgehead atoms. The van der Waals surface area contributed by atoms with Gasteiger partial charge in [0.2, 0.25) is 0 Å². The summed E-state index contributed by atoms with van der Waals surface area (Å²) in [7, 11) is 1.25. The number of rotatable bonds is 4. The van der Waals surface area contributed by atoms with Gasteiger partial charge in [0.05, 0.1) is 30.2 Å². The summed E-state index contributed by atoms with van der Waals surface area (Å²) in [5.74, 6) is -0.605. The van der Waals surface area contributed by atoms with Crippen molar-refractivity contribution in [3.8, 4) is 11.5 Å². The van der Waals surface area contributed by atoms with Gasteiger partial charge in [0, 0.05) is 5.56 Å². The highest BCUT2D eigenvalue weighted by atomic mass is 35.5. The van der Waals surface area contributed by atoms with Gasteiger partial charge >= 0.3 is 12.1 Å². The highest BCUT2D eigenvalue weighted by molar-refractivity contribution is 6.32. The minimum atomic E-state index is -4.51. The van der Waals surface area contributed by atoms with E-state index in [1.54, 1.807) is 6.07 Å². The van der Waals surface area contributed by atoms with Gasteiger partial charge in [-0.3, -0.25) is 9.59 Å². The van der Waals surface area contributed by atoms with E-state index in [1.165, 1.54) is 19.2 Å². The van der Waals surface area contributed by atoms with Gasteiger partial charge in [0.15, 0.2) is 0 Å². The second-order valence-electron chi connectivity index (χ2n) is 5.80. The summed E-state index contributed by atoms with van der Waals surface area (Å²) < 4.78 is 48.2. The van der Waals surface area contributed by atoms with Crippen LogP contribution in [0.5, 0.6) is 11.5 Å². The van der Waals surface area contributed by atoms with E-state index >= 15 is 0 Å². The highest BCUT2D eigenvalue weighted by Gasteiger charge is 2.32. The Balaban J connectivity index is 1.83. The van der Waals surface area contributed by atoms with E-state index in [0.717, 1.165) is 18.2 Å². The summed E-state index contributed by atoms with van der Waals surface area (Å²) in [4.78, 5) is 23.5. The number of methoxy groups -OCH3 is 1. The molecule has 0 spiro atoms. The van der Waals surface area contributed by atoms with Crippen LogP contribution in [-0.2, 0) is 15.7 Å². The minimum absolute atomic E-state index is 0.0137. The topological polar surface area (TPSA) is 64.6 Å². The van der Waals surface area contributed by atoms with Crippen LogP contribution in [0.25, 0.3) is 0 Å². The third-order valence-electron chi connectivity index (χ3n) is 4.04. The van der Waals surface area contributed by atoms with Gasteiger partial charge in [-0.05, 0) is 35.9 Å². The molecule has 2 aromatic rings. The molecule has 1 aliphatic rings. The van der Waals surface area contributed by atoms with Gasteiger partial charge in [-0.2, -0.15) is 13.2 Å². The van der Waals surface area contributed by atoms with Crippen LogP contribution in [0.3, 0.4) is 0 Å². The van der Waals surface area contributed by atoms with E-state index in [-0.39, 0.29) is 28.8 Å². The number of ether oxygens (including phenoxy) is 2. The smallest absolute Gasteiger partial charge is 0.416 e. The minimum Gasteiger partial charge on any atom is -0.469 e. The molecule has 0 fully saturated rings. The molecular weight excluding hydrogens is 387 g/mol. The van der Waals surface area contributed by atoms with Crippen molar-refractivity contribution in [1.82, 2.24) is 5.32 Å². The van der Waals surface area contributed by atoms with Crippen molar-refractivity contribution in [2.75, 3.05) is 7.11 Å². The van der Waals surface area contributed by atoms with Crippen LogP contribution in [-0.4, -0.2) is 19.0 Å². The number of hydrogen-bond donors (Lipinski definition) is 1. The molecule has 142 valence electrons. The predicted molar refractivity (Wildman–Crippen MR) is 89.8 cm³/mol. The van der Waals surface area contributed by atoms with Crippen molar-refractivity contribution < 1.29 is 32.2 Å². The maximum Gasteiger partial charge on any atom is 0.416 e. The molecular formula is C18H13ClF3NO4. The third kappa shape index (κ3) is 4.00. The number of fused-ring (bicyclic) bond motifs is 1. The number of carbonyl (C=O) groups excluding carboxylic acids is 2. The summed E-state index contributed by atoms with van der Waals surface area (Å²) in [6.45, 7) is 0. The van der Waals surface area contributed by atoms with Gasteiger partial charge < -0.3 is 14.8 Å². The van der Waals surface area contributed by atoms with Crippen molar-refractivity contribution in [2.24, 2.45) is 0 Å². The van der Waals surface area contributed by atoms with E-state index < -0.39 is 23.8 Å². The summed E-state index contributed by atoms with van der Waals surface area (Å²) in [5.41, 5.74) is 0.0273. The first-order valence-corrected chi connectivity index (χ1v) is 8.13. The zero-order chi connectivity index (χ0) is 19.8. The van der Waals surface area contributed by atoms with Crippen LogP contribution in [0.2, 0.25) is 5.02 Å². The predicted octanol–water partition coefficient (Wildman–Crippen LogP) is 4.50. The quantitative estimate of drug-likeness (QED) is 0.769. The Hall–Kier alpha value is -2.74. The number of benzene rings is 2. The third-order valence-corrected chi connectivity index (χ3v) is 4.33. The fourth-order valence-electron chi connectivity index (χ4n) is 2.71. The Labute approximate surface area is 157 Å². The molecule has 27 heavy (non-hydrogen) atoms. The Morgan fingerprint density at radius 1 is 1.22 bits per heavy atom. The fraction of sp³-hybridized carbons (Fsp3) is 0.222. The monoisotopic (exact) mass is 399 g/mol. The number of halogens is 4. The molecule has 0 saturated heterocycles. The Kier molecular flexibility index (Phi) is 5.01. The number of hydrogen-bond acceptors (Lipinski definition) is 4. The fourth-order valence-corrected chi connectivity index (χ4v) is 2.93. The standard InChI is InChI=1S/C18H13ClF3NO4/c1-26-16(24)8-14-11-4-3-10(7-12(11)17(25)23-14)27-15-5-2-9(6-13(15)19)18(20,21)22/h2-7,14H,8H2,1H3,(H,23,25).